The Kier molecular flexibility index (Phi) is 4.13. The Morgan fingerprint density at radius 1 is 1.10 bits per heavy atom. The lowest BCUT2D eigenvalue weighted by Gasteiger charge is -2.35. The molecule has 0 bridgehead atoms. The minimum absolute atomic E-state index is 0.732. The molecule has 2 N–H and O–H groups in total. The van der Waals surface area contributed by atoms with Gasteiger partial charge in [-0.05, 0) is 68.5 Å². The number of nitrogens with zero attached hydrogens (tertiary/aromatic N) is 2. The van der Waals surface area contributed by atoms with E-state index in [1.807, 2.05) is 0 Å². The molecule has 1 saturated heterocycles. The van der Waals surface area contributed by atoms with Gasteiger partial charge in [-0.25, -0.2) is 0 Å². The van der Waals surface area contributed by atoms with Crippen molar-refractivity contribution in [3.63, 3.8) is 0 Å². The van der Waals surface area contributed by atoms with Crippen LogP contribution in [0, 0.1) is 0 Å². The summed E-state index contributed by atoms with van der Waals surface area (Å²) in [4.78, 5) is 4.88. The van der Waals surface area contributed by atoms with Crippen molar-refractivity contribution in [2.24, 2.45) is 0 Å². The summed E-state index contributed by atoms with van der Waals surface area (Å²) in [6.45, 7) is 3.29. The second kappa shape index (κ2) is 6.04. The molecule has 3 rings (SSSR count). The Balaban J connectivity index is 1.72. The lowest BCUT2D eigenvalue weighted by atomic mass is 10.0. The Hall–Kier alpha value is -1.58. The Labute approximate surface area is 127 Å². The van der Waals surface area contributed by atoms with E-state index in [-0.39, 0.29) is 0 Å². The average Bonchev–Trinajstić information content (AvgIpc) is 2.48. The zero-order valence-electron chi connectivity index (χ0n) is 13.0. The van der Waals surface area contributed by atoms with E-state index in [0.29, 0.717) is 0 Å². The van der Waals surface area contributed by atoms with Crippen LogP contribution in [0.2, 0.25) is 0 Å². The highest BCUT2D eigenvalue weighted by atomic mass is 15.2. The van der Waals surface area contributed by atoms with Gasteiger partial charge in [-0.1, -0.05) is 24.3 Å². The second-order valence-electron chi connectivity index (χ2n) is 6.37. The van der Waals surface area contributed by atoms with Gasteiger partial charge in [-0.2, -0.15) is 0 Å². The first-order valence-electron chi connectivity index (χ1n) is 7.79. The fourth-order valence-corrected chi connectivity index (χ4v) is 3.28. The molecule has 3 heteroatoms. The molecular formula is C18H25N3. The molecule has 2 aromatic carbocycles. The second-order valence-corrected chi connectivity index (χ2v) is 6.37. The van der Waals surface area contributed by atoms with Crippen LogP contribution in [0.3, 0.4) is 0 Å². The number of fused-ring (bicyclic) bond motifs is 1. The Bertz CT molecular complexity index is 613. The van der Waals surface area contributed by atoms with Crippen LogP contribution in [-0.4, -0.2) is 43.0 Å². The molecule has 1 aliphatic rings. The van der Waals surface area contributed by atoms with Gasteiger partial charge in [0.2, 0.25) is 0 Å². The molecule has 21 heavy (non-hydrogen) atoms. The smallest absolute Gasteiger partial charge is 0.0366 e. The van der Waals surface area contributed by atoms with E-state index in [1.54, 1.807) is 0 Å². The molecule has 0 atom stereocenters. The number of benzene rings is 2. The van der Waals surface area contributed by atoms with E-state index in [2.05, 4.69) is 60.3 Å². The van der Waals surface area contributed by atoms with Crippen molar-refractivity contribution in [3.05, 3.63) is 42.0 Å². The summed E-state index contributed by atoms with van der Waals surface area (Å²) < 4.78 is 0. The SMILES string of the molecule is CN(C)C1CCN(Cc2cc3ccccc3cc2N)CC1. The Morgan fingerprint density at radius 2 is 1.71 bits per heavy atom. The van der Waals surface area contributed by atoms with Crippen molar-refractivity contribution >= 4 is 16.5 Å². The molecule has 3 nitrogen and oxygen atoms in total. The lowest BCUT2D eigenvalue weighted by molar-refractivity contribution is 0.140. The third kappa shape index (κ3) is 3.20. The summed E-state index contributed by atoms with van der Waals surface area (Å²) in [5.74, 6) is 0. The summed E-state index contributed by atoms with van der Waals surface area (Å²) in [5.41, 5.74) is 8.43. The molecule has 0 amide bonds. The number of nitrogen functional groups attached to an aromatic ring is 1. The van der Waals surface area contributed by atoms with E-state index in [0.717, 1.165) is 31.4 Å². The van der Waals surface area contributed by atoms with Gasteiger partial charge in [0.1, 0.15) is 0 Å². The minimum Gasteiger partial charge on any atom is -0.398 e. The number of piperidine rings is 1. The van der Waals surface area contributed by atoms with Gasteiger partial charge < -0.3 is 10.6 Å². The summed E-state index contributed by atoms with van der Waals surface area (Å²) in [7, 11) is 4.36. The van der Waals surface area contributed by atoms with Gasteiger partial charge in [-0.15, -0.1) is 0 Å². The van der Waals surface area contributed by atoms with Gasteiger partial charge >= 0.3 is 0 Å². The zero-order chi connectivity index (χ0) is 14.8. The number of likely N-dealkylation sites (tertiary alicyclic amines) is 1. The van der Waals surface area contributed by atoms with Crippen molar-refractivity contribution in [2.45, 2.75) is 25.4 Å². The largest absolute Gasteiger partial charge is 0.398 e. The first kappa shape index (κ1) is 14.4. The molecule has 0 spiro atoms. The van der Waals surface area contributed by atoms with Gasteiger partial charge in [0.05, 0.1) is 0 Å². The highest BCUT2D eigenvalue weighted by Gasteiger charge is 2.20. The molecular weight excluding hydrogens is 258 g/mol. The molecule has 112 valence electrons. The van der Waals surface area contributed by atoms with Crippen molar-refractivity contribution < 1.29 is 0 Å². The number of hydrogen-bond donors (Lipinski definition) is 1. The lowest BCUT2D eigenvalue weighted by Crippen LogP contribution is -2.41. The third-order valence-electron chi connectivity index (χ3n) is 4.69. The molecule has 0 radical (unpaired) electrons. The van der Waals surface area contributed by atoms with Crippen LogP contribution < -0.4 is 5.73 Å². The van der Waals surface area contributed by atoms with Crippen LogP contribution in [-0.2, 0) is 6.54 Å². The predicted molar refractivity (Wildman–Crippen MR) is 90.3 cm³/mol. The maximum Gasteiger partial charge on any atom is 0.0366 e. The van der Waals surface area contributed by atoms with Crippen molar-refractivity contribution in [1.29, 1.82) is 0 Å². The molecule has 1 heterocycles. The van der Waals surface area contributed by atoms with Gasteiger partial charge in [0.25, 0.3) is 0 Å². The van der Waals surface area contributed by atoms with E-state index < -0.39 is 0 Å². The monoisotopic (exact) mass is 283 g/mol. The van der Waals surface area contributed by atoms with Crippen LogP contribution in [0.5, 0.6) is 0 Å². The number of nitrogens with two attached hydrogens (primary N) is 1. The quantitative estimate of drug-likeness (QED) is 0.879. The maximum absolute atomic E-state index is 6.24. The molecule has 2 aromatic rings. The van der Waals surface area contributed by atoms with Gasteiger partial charge in [0.15, 0.2) is 0 Å². The van der Waals surface area contributed by atoms with Gasteiger partial charge in [-0.3, -0.25) is 4.90 Å². The maximum atomic E-state index is 6.24. The first-order chi connectivity index (χ1) is 10.1. The number of hydrogen-bond acceptors (Lipinski definition) is 3. The van der Waals surface area contributed by atoms with Crippen LogP contribution >= 0.6 is 0 Å². The minimum atomic E-state index is 0.732. The fraction of sp³-hybridized carbons (Fsp3) is 0.444. The van der Waals surface area contributed by atoms with Crippen molar-refractivity contribution in [3.8, 4) is 0 Å². The highest BCUT2D eigenvalue weighted by Crippen LogP contribution is 2.24. The third-order valence-corrected chi connectivity index (χ3v) is 4.69. The van der Waals surface area contributed by atoms with Gasteiger partial charge in [0, 0.05) is 18.3 Å². The molecule has 0 aliphatic carbocycles. The first-order valence-corrected chi connectivity index (χ1v) is 7.79. The molecule has 1 fully saturated rings. The highest BCUT2D eigenvalue weighted by molar-refractivity contribution is 5.86. The van der Waals surface area contributed by atoms with Crippen molar-refractivity contribution in [2.75, 3.05) is 32.9 Å². The fourth-order valence-electron chi connectivity index (χ4n) is 3.28. The van der Waals surface area contributed by atoms with E-state index >= 15 is 0 Å². The standard InChI is InChI=1S/C18H25N3/c1-20(2)17-7-9-21(10-8-17)13-16-11-14-5-3-4-6-15(14)12-18(16)19/h3-6,11-12,17H,7-10,13,19H2,1-2H3. The van der Waals surface area contributed by atoms with E-state index in [9.17, 15) is 0 Å². The van der Waals surface area contributed by atoms with E-state index in [4.69, 9.17) is 5.73 Å². The normalized spacial score (nSPS) is 17.7. The van der Waals surface area contributed by atoms with Crippen LogP contribution in [0.1, 0.15) is 18.4 Å². The summed E-state index contributed by atoms with van der Waals surface area (Å²) in [5, 5.41) is 2.51. The van der Waals surface area contributed by atoms with Crippen molar-refractivity contribution in [1.82, 2.24) is 9.80 Å². The number of anilines is 1. The van der Waals surface area contributed by atoms with Crippen LogP contribution in [0.15, 0.2) is 36.4 Å². The summed E-state index contributed by atoms with van der Waals surface area (Å²) in [6, 6.07) is 13.5. The summed E-state index contributed by atoms with van der Waals surface area (Å²) in [6.07, 6.45) is 2.50. The number of rotatable bonds is 3. The van der Waals surface area contributed by atoms with Crippen LogP contribution in [0.4, 0.5) is 5.69 Å². The Morgan fingerprint density at radius 3 is 2.33 bits per heavy atom. The van der Waals surface area contributed by atoms with Crippen LogP contribution in [0.25, 0.3) is 10.8 Å². The topological polar surface area (TPSA) is 32.5 Å². The summed E-state index contributed by atoms with van der Waals surface area (Å²) >= 11 is 0. The molecule has 1 aliphatic heterocycles. The molecule has 0 unspecified atom stereocenters. The molecule has 0 saturated carbocycles. The average molecular weight is 283 g/mol. The molecule has 0 aromatic heterocycles. The predicted octanol–water partition coefficient (Wildman–Crippen LogP) is 2.95. The zero-order valence-corrected chi connectivity index (χ0v) is 13.0. The van der Waals surface area contributed by atoms with E-state index in [1.165, 1.54) is 29.2 Å².